The van der Waals surface area contributed by atoms with E-state index in [1.165, 1.54) is 11.6 Å². The second kappa shape index (κ2) is 4.87. The number of aryl methyl sites for hydroxylation is 2. The van der Waals surface area contributed by atoms with Crippen molar-refractivity contribution in [3.63, 3.8) is 0 Å². The molecule has 0 unspecified atom stereocenters. The Morgan fingerprint density at radius 2 is 1.72 bits per heavy atom. The maximum atomic E-state index is 10.6. The zero-order valence-electron chi connectivity index (χ0n) is 10.3. The molecule has 18 heavy (non-hydrogen) atoms. The molecule has 0 aliphatic carbocycles. The number of rotatable bonds is 3. The molecule has 4 heteroatoms. The van der Waals surface area contributed by atoms with Crippen LogP contribution in [0.1, 0.15) is 11.1 Å². The molecular weight excluding hydrogens is 228 g/mol. The van der Waals surface area contributed by atoms with Gasteiger partial charge in [0, 0.05) is 23.5 Å². The molecule has 0 radical (unpaired) electrons. The summed E-state index contributed by atoms with van der Waals surface area (Å²) in [7, 11) is 0. The lowest BCUT2D eigenvalue weighted by atomic mass is 10.1. The summed E-state index contributed by atoms with van der Waals surface area (Å²) in [5.74, 6) is 0. The summed E-state index contributed by atoms with van der Waals surface area (Å²) in [6.45, 7) is 3.88. The quantitative estimate of drug-likeness (QED) is 0.654. The van der Waals surface area contributed by atoms with E-state index < -0.39 is 0 Å². The van der Waals surface area contributed by atoms with Crippen molar-refractivity contribution < 1.29 is 4.92 Å². The molecule has 0 atom stereocenters. The van der Waals surface area contributed by atoms with Crippen LogP contribution in [0.4, 0.5) is 17.1 Å². The Morgan fingerprint density at radius 1 is 1.06 bits per heavy atom. The molecule has 2 aromatic rings. The molecule has 0 aliphatic rings. The average Bonchev–Trinajstić information content (AvgIpc) is 2.34. The molecule has 4 nitrogen and oxygen atoms in total. The van der Waals surface area contributed by atoms with Crippen LogP contribution in [0, 0.1) is 24.0 Å². The number of hydrogen-bond donors (Lipinski definition) is 1. The first-order valence-electron chi connectivity index (χ1n) is 5.65. The summed E-state index contributed by atoms with van der Waals surface area (Å²) in [4.78, 5) is 10.3. The summed E-state index contributed by atoms with van der Waals surface area (Å²) in [6, 6.07) is 12.8. The summed E-state index contributed by atoms with van der Waals surface area (Å²) in [6.07, 6.45) is 0. The van der Waals surface area contributed by atoms with E-state index in [0.29, 0.717) is 0 Å². The molecule has 0 aliphatic heterocycles. The first kappa shape index (κ1) is 12.1. The fourth-order valence-electron chi connectivity index (χ4n) is 1.69. The van der Waals surface area contributed by atoms with Crippen LogP contribution in [-0.4, -0.2) is 4.92 Å². The molecule has 0 aromatic heterocycles. The van der Waals surface area contributed by atoms with Gasteiger partial charge < -0.3 is 5.32 Å². The van der Waals surface area contributed by atoms with Gasteiger partial charge in [-0.05, 0) is 37.6 Å². The van der Waals surface area contributed by atoms with Crippen molar-refractivity contribution >= 4 is 17.1 Å². The van der Waals surface area contributed by atoms with Crippen LogP contribution in [0.25, 0.3) is 0 Å². The Balaban J connectivity index is 2.24. The highest BCUT2D eigenvalue weighted by molar-refractivity contribution is 5.64. The average molecular weight is 242 g/mol. The zero-order valence-corrected chi connectivity index (χ0v) is 10.3. The van der Waals surface area contributed by atoms with Gasteiger partial charge in [0.1, 0.15) is 0 Å². The number of nitrogens with zero attached hydrogens (tertiary/aromatic N) is 1. The van der Waals surface area contributed by atoms with Crippen LogP contribution in [0.15, 0.2) is 42.5 Å². The van der Waals surface area contributed by atoms with E-state index in [-0.39, 0.29) is 10.6 Å². The van der Waals surface area contributed by atoms with Crippen LogP contribution in [0.3, 0.4) is 0 Å². The molecule has 0 fully saturated rings. The maximum absolute atomic E-state index is 10.6. The third-order valence-corrected chi connectivity index (χ3v) is 2.75. The van der Waals surface area contributed by atoms with Crippen molar-refractivity contribution in [1.82, 2.24) is 0 Å². The van der Waals surface area contributed by atoms with Gasteiger partial charge in [-0.1, -0.05) is 17.7 Å². The summed E-state index contributed by atoms with van der Waals surface area (Å²) >= 11 is 0. The second-order valence-electron chi connectivity index (χ2n) is 4.25. The third-order valence-electron chi connectivity index (χ3n) is 2.75. The lowest BCUT2D eigenvalue weighted by Gasteiger charge is -2.09. The van der Waals surface area contributed by atoms with Gasteiger partial charge in [-0.25, -0.2) is 0 Å². The van der Waals surface area contributed by atoms with E-state index in [1.807, 2.05) is 38.1 Å². The molecule has 0 spiro atoms. The zero-order chi connectivity index (χ0) is 13.1. The van der Waals surface area contributed by atoms with Crippen LogP contribution in [0.2, 0.25) is 0 Å². The minimum atomic E-state index is -0.386. The first-order valence-corrected chi connectivity index (χ1v) is 5.65. The highest BCUT2D eigenvalue weighted by Crippen LogP contribution is 2.24. The Kier molecular flexibility index (Phi) is 3.28. The number of nitro groups is 1. The lowest BCUT2D eigenvalue weighted by molar-refractivity contribution is -0.384. The van der Waals surface area contributed by atoms with Crippen molar-refractivity contribution in [2.24, 2.45) is 0 Å². The SMILES string of the molecule is Cc1ccc(Nc2ccc([N+](=O)[O-])cc2C)cc1. The van der Waals surface area contributed by atoms with E-state index >= 15 is 0 Å². The predicted octanol–water partition coefficient (Wildman–Crippen LogP) is 3.96. The van der Waals surface area contributed by atoms with E-state index in [2.05, 4.69) is 5.32 Å². The molecule has 0 bridgehead atoms. The van der Waals surface area contributed by atoms with Gasteiger partial charge in [-0.3, -0.25) is 10.1 Å². The van der Waals surface area contributed by atoms with Crippen molar-refractivity contribution in [3.05, 3.63) is 63.7 Å². The molecule has 2 rings (SSSR count). The Labute approximate surface area is 105 Å². The smallest absolute Gasteiger partial charge is 0.269 e. The van der Waals surface area contributed by atoms with Gasteiger partial charge >= 0.3 is 0 Å². The van der Waals surface area contributed by atoms with E-state index in [1.54, 1.807) is 12.1 Å². The number of hydrogen-bond acceptors (Lipinski definition) is 3. The van der Waals surface area contributed by atoms with Gasteiger partial charge in [0.25, 0.3) is 5.69 Å². The van der Waals surface area contributed by atoms with Crippen LogP contribution in [0.5, 0.6) is 0 Å². The topological polar surface area (TPSA) is 55.2 Å². The van der Waals surface area contributed by atoms with Crippen LogP contribution in [-0.2, 0) is 0 Å². The second-order valence-corrected chi connectivity index (χ2v) is 4.25. The highest BCUT2D eigenvalue weighted by Gasteiger charge is 2.07. The summed E-state index contributed by atoms with van der Waals surface area (Å²) in [5, 5.41) is 13.9. The largest absolute Gasteiger partial charge is 0.355 e. The molecule has 0 saturated heterocycles. The van der Waals surface area contributed by atoms with Gasteiger partial charge in [0.2, 0.25) is 0 Å². The molecule has 2 aromatic carbocycles. The maximum Gasteiger partial charge on any atom is 0.269 e. The van der Waals surface area contributed by atoms with Gasteiger partial charge in [-0.2, -0.15) is 0 Å². The van der Waals surface area contributed by atoms with Crippen molar-refractivity contribution in [2.75, 3.05) is 5.32 Å². The molecule has 92 valence electrons. The third kappa shape index (κ3) is 2.66. The normalized spacial score (nSPS) is 10.1. The Bertz CT molecular complexity index is 577. The van der Waals surface area contributed by atoms with E-state index in [0.717, 1.165) is 16.9 Å². The van der Waals surface area contributed by atoms with Gasteiger partial charge in [0.15, 0.2) is 0 Å². The fraction of sp³-hybridized carbons (Fsp3) is 0.143. The van der Waals surface area contributed by atoms with Crippen molar-refractivity contribution in [1.29, 1.82) is 0 Å². The molecule has 0 heterocycles. The van der Waals surface area contributed by atoms with Crippen molar-refractivity contribution in [2.45, 2.75) is 13.8 Å². The van der Waals surface area contributed by atoms with E-state index in [4.69, 9.17) is 0 Å². The lowest BCUT2D eigenvalue weighted by Crippen LogP contribution is -1.95. The minimum Gasteiger partial charge on any atom is -0.355 e. The highest BCUT2D eigenvalue weighted by atomic mass is 16.6. The Morgan fingerprint density at radius 3 is 2.28 bits per heavy atom. The number of nitro benzene ring substituents is 1. The monoisotopic (exact) mass is 242 g/mol. The molecule has 0 saturated carbocycles. The van der Waals surface area contributed by atoms with Crippen LogP contribution >= 0.6 is 0 Å². The summed E-state index contributed by atoms with van der Waals surface area (Å²) < 4.78 is 0. The Hall–Kier alpha value is -2.36. The molecule has 1 N–H and O–H groups in total. The molecule has 0 amide bonds. The molecular formula is C14H14N2O2. The number of benzene rings is 2. The minimum absolute atomic E-state index is 0.113. The predicted molar refractivity (Wildman–Crippen MR) is 72.3 cm³/mol. The standard InChI is InChI=1S/C14H14N2O2/c1-10-3-5-12(6-4-10)15-14-8-7-13(16(17)18)9-11(14)2/h3-9,15H,1-2H3. The summed E-state index contributed by atoms with van der Waals surface area (Å²) in [5.41, 5.74) is 4.01. The fourth-order valence-corrected chi connectivity index (χ4v) is 1.69. The van der Waals surface area contributed by atoms with Gasteiger partial charge in [-0.15, -0.1) is 0 Å². The van der Waals surface area contributed by atoms with Gasteiger partial charge in [0.05, 0.1) is 4.92 Å². The number of anilines is 2. The number of nitrogens with one attached hydrogen (secondary N) is 1. The van der Waals surface area contributed by atoms with Crippen molar-refractivity contribution in [3.8, 4) is 0 Å². The van der Waals surface area contributed by atoms with E-state index in [9.17, 15) is 10.1 Å². The number of non-ortho nitro benzene ring substituents is 1. The van der Waals surface area contributed by atoms with Crippen LogP contribution < -0.4 is 5.32 Å². The first-order chi connectivity index (χ1) is 8.56.